The van der Waals surface area contributed by atoms with Gasteiger partial charge in [-0.1, -0.05) is 0 Å². The Hall–Kier alpha value is -3.70. The van der Waals surface area contributed by atoms with Gasteiger partial charge in [0.15, 0.2) is 11.3 Å². The van der Waals surface area contributed by atoms with E-state index in [1.807, 2.05) is 28.9 Å². The first-order valence-corrected chi connectivity index (χ1v) is 9.46. The van der Waals surface area contributed by atoms with E-state index in [4.69, 9.17) is 4.74 Å². The van der Waals surface area contributed by atoms with Crippen LogP contribution in [0.2, 0.25) is 0 Å². The van der Waals surface area contributed by atoms with E-state index in [9.17, 15) is 9.90 Å². The predicted octanol–water partition coefficient (Wildman–Crippen LogP) is 0.652. The van der Waals surface area contributed by atoms with Gasteiger partial charge in [0.2, 0.25) is 0 Å². The SMILES string of the molecule is CNc1cc(Nc2cccn3ccnc23)nc2c(C(=O)NC3COC[C@@H]3O)cnn12. The van der Waals surface area contributed by atoms with Gasteiger partial charge in [-0.3, -0.25) is 4.79 Å². The van der Waals surface area contributed by atoms with E-state index in [0.29, 0.717) is 22.8 Å². The molecule has 0 radical (unpaired) electrons. The first-order chi connectivity index (χ1) is 14.6. The van der Waals surface area contributed by atoms with Crippen LogP contribution in [0.3, 0.4) is 0 Å². The number of ether oxygens (including phenoxy) is 1. The molecule has 4 aromatic heterocycles. The molecule has 0 aromatic carbocycles. The third-order valence-electron chi connectivity index (χ3n) is 5.02. The first-order valence-electron chi connectivity index (χ1n) is 9.46. The maximum atomic E-state index is 12.8. The van der Waals surface area contributed by atoms with E-state index >= 15 is 0 Å². The highest BCUT2D eigenvalue weighted by Gasteiger charge is 2.29. The van der Waals surface area contributed by atoms with Gasteiger partial charge in [0.05, 0.1) is 37.2 Å². The Morgan fingerprint density at radius 1 is 1.30 bits per heavy atom. The number of hydrogen-bond donors (Lipinski definition) is 4. The van der Waals surface area contributed by atoms with Crippen molar-refractivity contribution >= 4 is 34.5 Å². The van der Waals surface area contributed by atoms with E-state index in [-0.39, 0.29) is 19.1 Å². The van der Waals surface area contributed by atoms with Gasteiger partial charge < -0.3 is 30.2 Å². The Kier molecular flexibility index (Phi) is 4.45. The van der Waals surface area contributed by atoms with E-state index in [2.05, 4.69) is 31.0 Å². The van der Waals surface area contributed by atoms with Gasteiger partial charge in [-0.15, -0.1) is 0 Å². The number of pyridine rings is 1. The Balaban J connectivity index is 1.51. The fourth-order valence-corrected chi connectivity index (χ4v) is 3.48. The van der Waals surface area contributed by atoms with Crippen molar-refractivity contribution < 1.29 is 14.6 Å². The minimum atomic E-state index is -0.733. The van der Waals surface area contributed by atoms with Gasteiger partial charge in [-0.25, -0.2) is 9.97 Å². The number of carbonyl (C=O) groups excluding carboxylic acids is 1. The summed E-state index contributed by atoms with van der Waals surface area (Å²) >= 11 is 0. The zero-order chi connectivity index (χ0) is 20.7. The van der Waals surface area contributed by atoms with Crippen LogP contribution in [-0.2, 0) is 4.74 Å². The number of hydrogen-bond acceptors (Lipinski definition) is 8. The van der Waals surface area contributed by atoms with Crippen molar-refractivity contribution in [3.05, 3.63) is 48.5 Å². The second-order valence-electron chi connectivity index (χ2n) is 6.96. The molecule has 1 aliphatic rings. The lowest BCUT2D eigenvalue weighted by atomic mass is 10.2. The van der Waals surface area contributed by atoms with Crippen molar-refractivity contribution in [3.8, 4) is 0 Å². The molecular weight excluding hydrogens is 388 g/mol. The molecule has 4 N–H and O–H groups in total. The third-order valence-corrected chi connectivity index (χ3v) is 5.02. The lowest BCUT2D eigenvalue weighted by Gasteiger charge is -2.14. The zero-order valence-corrected chi connectivity index (χ0v) is 16.1. The van der Waals surface area contributed by atoms with Crippen molar-refractivity contribution in [2.24, 2.45) is 0 Å². The monoisotopic (exact) mass is 408 g/mol. The van der Waals surface area contributed by atoms with Crippen molar-refractivity contribution in [2.75, 3.05) is 30.9 Å². The van der Waals surface area contributed by atoms with Crippen LogP contribution in [-0.4, -0.2) is 67.4 Å². The molecule has 30 heavy (non-hydrogen) atoms. The van der Waals surface area contributed by atoms with Crippen LogP contribution in [0.25, 0.3) is 11.3 Å². The number of carbonyl (C=O) groups is 1. The quantitative estimate of drug-likeness (QED) is 0.379. The van der Waals surface area contributed by atoms with Crippen LogP contribution in [0.1, 0.15) is 10.4 Å². The van der Waals surface area contributed by atoms with Crippen molar-refractivity contribution in [3.63, 3.8) is 0 Å². The first kappa shape index (κ1) is 18.3. The fraction of sp³-hybridized carbons (Fsp3) is 0.263. The normalized spacial score (nSPS) is 18.7. The Morgan fingerprint density at radius 3 is 3.00 bits per heavy atom. The summed E-state index contributed by atoms with van der Waals surface area (Å²) in [5.41, 5.74) is 2.21. The molecule has 0 saturated carbocycles. The molecule has 5 heterocycles. The van der Waals surface area contributed by atoms with Crippen LogP contribution < -0.4 is 16.0 Å². The second kappa shape index (κ2) is 7.28. The highest BCUT2D eigenvalue weighted by Crippen LogP contribution is 2.24. The molecule has 5 rings (SSSR count). The van der Waals surface area contributed by atoms with Crippen LogP contribution in [0.5, 0.6) is 0 Å². The molecule has 11 nitrogen and oxygen atoms in total. The molecule has 154 valence electrons. The summed E-state index contributed by atoms with van der Waals surface area (Å²) in [7, 11) is 1.77. The third kappa shape index (κ3) is 3.09. The smallest absolute Gasteiger partial charge is 0.257 e. The highest BCUT2D eigenvalue weighted by molar-refractivity contribution is 6.00. The van der Waals surface area contributed by atoms with E-state index in [1.54, 1.807) is 23.8 Å². The average Bonchev–Trinajstić information content (AvgIpc) is 3.48. The number of imidazole rings is 1. The van der Waals surface area contributed by atoms with E-state index in [1.165, 1.54) is 6.20 Å². The Bertz CT molecular complexity index is 1230. The number of fused-ring (bicyclic) bond motifs is 2. The summed E-state index contributed by atoms with van der Waals surface area (Å²) in [6, 6.07) is 5.14. The number of aromatic nitrogens is 5. The lowest BCUT2D eigenvalue weighted by molar-refractivity contribution is 0.0888. The standard InChI is InChI=1S/C19H20N8O3/c1-20-16-7-15(23-12-3-2-5-26-6-4-21-18(12)26)25-17-11(8-22-27(16)17)19(29)24-13-9-30-10-14(13)28/h2-8,13-14,20,28H,9-10H2,1H3,(H,23,25)(H,24,29)/t13?,14-/m0/s1. The predicted molar refractivity (Wildman–Crippen MR) is 109 cm³/mol. The summed E-state index contributed by atoms with van der Waals surface area (Å²) in [5, 5.41) is 23.3. The Morgan fingerprint density at radius 2 is 2.20 bits per heavy atom. The van der Waals surface area contributed by atoms with E-state index in [0.717, 1.165) is 11.3 Å². The summed E-state index contributed by atoms with van der Waals surface area (Å²) in [5.74, 6) is 0.810. The largest absolute Gasteiger partial charge is 0.388 e. The van der Waals surface area contributed by atoms with Crippen LogP contribution >= 0.6 is 0 Å². The number of aliphatic hydroxyl groups excluding tert-OH is 1. The van der Waals surface area contributed by atoms with Crippen LogP contribution in [0.15, 0.2) is 43.0 Å². The number of amides is 1. The summed E-state index contributed by atoms with van der Waals surface area (Å²) in [6.45, 7) is 0.470. The molecule has 0 aliphatic carbocycles. The lowest BCUT2D eigenvalue weighted by Crippen LogP contribution is -2.42. The van der Waals surface area contributed by atoms with Crippen molar-refractivity contribution in [1.29, 1.82) is 0 Å². The van der Waals surface area contributed by atoms with Crippen LogP contribution in [0.4, 0.5) is 17.3 Å². The van der Waals surface area contributed by atoms with Gasteiger partial charge in [-0.2, -0.15) is 9.61 Å². The zero-order valence-electron chi connectivity index (χ0n) is 16.1. The molecule has 0 bridgehead atoms. The molecule has 11 heteroatoms. The van der Waals surface area contributed by atoms with Gasteiger partial charge in [0, 0.05) is 31.7 Å². The van der Waals surface area contributed by atoms with Gasteiger partial charge in [-0.05, 0) is 12.1 Å². The van der Waals surface area contributed by atoms with Gasteiger partial charge >= 0.3 is 0 Å². The van der Waals surface area contributed by atoms with Crippen molar-refractivity contribution in [2.45, 2.75) is 12.1 Å². The minimum absolute atomic E-state index is 0.204. The molecule has 0 spiro atoms. The van der Waals surface area contributed by atoms with Crippen LogP contribution in [0, 0.1) is 0 Å². The average molecular weight is 408 g/mol. The number of nitrogens with zero attached hydrogens (tertiary/aromatic N) is 5. The molecule has 4 aromatic rings. The second-order valence-corrected chi connectivity index (χ2v) is 6.96. The molecule has 1 unspecified atom stereocenters. The fourth-order valence-electron chi connectivity index (χ4n) is 3.48. The highest BCUT2D eigenvalue weighted by atomic mass is 16.5. The summed E-state index contributed by atoms with van der Waals surface area (Å²) in [6.07, 6.45) is 6.21. The summed E-state index contributed by atoms with van der Waals surface area (Å²) < 4.78 is 8.65. The maximum absolute atomic E-state index is 12.8. The van der Waals surface area contributed by atoms with Gasteiger partial charge in [0.25, 0.3) is 5.91 Å². The molecule has 2 atom stereocenters. The number of nitrogens with one attached hydrogen (secondary N) is 3. The molecule has 1 amide bonds. The topological polar surface area (TPSA) is 130 Å². The molecular formula is C19H20N8O3. The number of anilines is 3. The maximum Gasteiger partial charge on any atom is 0.257 e. The minimum Gasteiger partial charge on any atom is -0.388 e. The number of rotatable bonds is 5. The van der Waals surface area contributed by atoms with E-state index < -0.39 is 12.1 Å². The molecule has 1 fully saturated rings. The van der Waals surface area contributed by atoms with Crippen molar-refractivity contribution in [1.82, 2.24) is 29.3 Å². The molecule has 1 saturated heterocycles. The number of aliphatic hydroxyl groups is 1. The summed E-state index contributed by atoms with van der Waals surface area (Å²) in [4.78, 5) is 21.8. The van der Waals surface area contributed by atoms with Gasteiger partial charge in [0.1, 0.15) is 17.2 Å². The molecule has 1 aliphatic heterocycles. The Labute approximate surface area is 170 Å².